The Morgan fingerprint density at radius 3 is 2.45 bits per heavy atom. The molecular weight excluding hydrogens is 358 g/mol. The van der Waals surface area contributed by atoms with E-state index < -0.39 is 0 Å². The number of nitrogens with two attached hydrogens (primary N) is 1. The van der Waals surface area contributed by atoms with Crippen molar-refractivity contribution in [2.24, 2.45) is 5.73 Å². The van der Waals surface area contributed by atoms with Gasteiger partial charge in [0.05, 0.1) is 0 Å². The molecule has 0 spiro atoms. The van der Waals surface area contributed by atoms with E-state index >= 15 is 0 Å². The topological polar surface area (TPSA) is 62.1 Å². The van der Waals surface area contributed by atoms with Crippen molar-refractivity contribution in [3.8, 4) is 11.1 Å². The van der Waals surface area contributed by atoms with Gasteiger partial charge in [0.25, 0.3) is 0 Å². The van der Waals surface area contributed by atoms with Crippen molar-refractivity contribution >= 4 is 22.5 Å². The SMILES string of the molecule is CN(C(=O)CCc1c[nH]c2ccccc12)c1ccc(-c2ccccc2CN)cc1. The summed E-state index contributed by atoms with van der Waals surface area (Å²) in [5.41, 5.74) is 12.4. The molecule has 4 nitrogen and oxygen atoms in total. The zero-order valence-corrected chi connectivity index (χ0v) is 16.6. The molecule has 0 unspecified atom stereocenters. The lowest BCUT2D eigenvalue weighted by Crippen LogP contribution is -2.26. The minimum Gasteiger partial charge on any atom is -0.361 e. The number of carbonyl (C=O) groups is 1. The van der Waals surface area contributed by atoms with Crippen molar-refractivity contribution < 1.29 is 4.79 Å². The van der Waals surface area contributed by atoms with Crippen LogP contribution in [0.3, 0.4) is 0 Å². The number of nitrogens with zero attached hydrogens (tertiary/aromatic N) is 1. The van der Waals surface area contributed by atoms with Crippen molar-refractivity contribution in [3.63, 3.8) is 0 Å². The molecule has 4 aromatic rings. The van der Waals surface area contributed by atoms with Crippen molar-refractivity contribution in [2.45, 2.75) is 19.4 Å². The summed E-state index contributed by atoms with van der Waals surface area (Å²) >= 11 is 0. The van der Waals surface area contributed by atoms with Gasteiger partial charge in [0, 0.05) is 42.8 Å². The molecule has 0 radical (unpaired) electrons. The summed E-state index contributed by atoms with van der Waals surface area (Å²) in [6.45, 7) is 0.504. The minimum atomic E-state index is 0.102. The number of benzene rings is 3. The van der Waals surface area contributed by atoms with Crippen LogP contribution in [-0.4, -0.2) is 17.9 Å². The summed E-state index contributed by atoms with van der Waals surface area (Å²) in [7, 11) is 1.83. The van der Waals surface area contributed by atoms with Crippen LogP contribution in [-0.2, 0) is 17.8 Å². The Kier molecular flexibility index (Phi) is 5.45. The second-order valence-corrected chi connectivity index (χ2v) is 7.22. The van der Waals surface area contributed by atoms with Gasteiger partial charge in [-0.15, -0.1) is 0 Å². The smallest absolute Gasteiger partial charge is 0.227 e. The Labute approximate surface area is 171 Å². The summed E-state index contributed by atoms with van der Waals surface area (Å²) in [6.07, 6.45) is 3.19. The molecule has 1 aromatic heterocycles. The second kappa shape index (κ2) is 8.33. The second-order valence-electron chi connectivity index (χ2n) is 7.22. The number of aromatic nitrogens is 1. The number of hydrogen-bond acceptors (Lipinski definition) is 2. The van der Waals surface area contributed by atoms with Gasteiger partial charge in [-0.25, -0.2) is 0 Å². The first-order valence-electron chi connectivity index (χ1n) is 9.87. The molecule has 0 aliphatic rings. The first kappa shape index (κ1) is 19.0. The minimum absolute atomic E-state index is 0.102. The Morgan fingerprint density at radius 1 is 0.931 bits per heavy atom. The summed E-state index contributed by atoms with van der Waals surface area (Å²) in [4.78, 5) is 17.7. The number of H-pyrrole nitrogens is 1. The molecule has 0 saturated carbocycles. The fraction of sp³-hybridized carbons (Fsp3) is 0.160. The zero-order chi connectivity index (χ0) is 20.2. The molecule has 3 N–H and O–H groups in total. The number of amides is 1. The molecule has 1 heterocycles. The van der Waals surface area contributed by atoms with Gasteiger partial charge in [0.2, 0.25) is 5.91 Å². The molecule has 0 atom stereocenters. The highest BCUT2D eigenvalue weighted by molar-refractivity contribution is 5.93. The van der Waals surface area contributed by atoms with Crippen LogP contribution in [0.1, 0.15) is 17.5 Å². The lowest BCUT2D eigenvalue weighted by Gasteiger charge is -2.18. The van der Waals surface area contributed by atoms with Gasteiger partial charge >= 0.3 is 0 Å². The third-order valence-corrected chi connectivity index (χ3v) is 5.46. The normalized spacial score (nSPS) is 11.0. The van der Waals surface area contributed by atoms with Gasteiger partial charge in [-0.1, -0.05) is 54.6 Å². The number of hydrogen-bond donors (Lipinski definition) is 2. The third-order valence-electron chi connectivity index (χ3n) is 5.46. The Bertz CT molecular complexity index is 1130. The summed E-state index contributed by atoms with van der Waals surface area (Å²) in [5.74, 6) is 0.102. The molecule has 29 heavy (non-hydrogen) atoms. The number of nitrogens with one attached hydrogen (secondary N) is 1. The van der Waals surface area contributed by atoms with E-state index in [1.54, 1.807) is 4.90 Å². The molecule has 0 fully saturated rings. The summed E-state index contributed by atoms with van der Waals surface area (Å²) < 4.78 is 0. The maximum atomic E-state index is 12.7. The fourth-order valence-electron chi connectivity index (χ4n) is 3.74. The van der Waals surface area contributed by atoms with Crippen LogP contribution in [0.4, 0.5) is 5.69 Å². The Morgan fingerprint density at radius 2 is 1.66 bits per heavy atom. The lowest BCUT2D eigenvalue weighted by atomic mass is 9.99. The van der Waals surface area contributed by atoms with Crippen LogP contribution in [0, 0.1) is 0 Å². The molecule has 3 aromatic carbocycles. The largest absolute Gasteiger partial charge is 0.361 e. The average Bonchev–Trinajstić information content (AvgIpc) is 3.20. The van der Waals surface area contributed by atoms with E-state index in [2.05, 4.69) is 23.2 Å². The third kappa shape index (κ3) is 3.93. The predicted molar refractivity (Wildman–Crippen MR) is 120 cm³/mol. The molecule has 4 heteroatoms. The van der Waals surface area contributed by atoms with E-state index in [0.29, 0.717) is 13.0 Å². The molecule has 0 saturated heterocycles. The standard InChI is InChI=1S/C25H25N3O/c1-28(25(29)15-12-20-17-27-24-9-5-4-8-23(20)24)21-13-10-18(11-14-21)22-7-3-2-6-19(22)16-26/h2-11,13-14,17,27H,12,15-16,26H2,1H3. The van der Waals surface area contributed by atoms with Crippen LogP contribution in [0.15, 0.2) is 79.0 Å². The number of aryl methyl sites for hydroxylation is 1. The average molecular weight is 383 g/mol. The molecule has 4 rings (SSSR count). The number of fused-ring (bicyclic) bond motifs is 1. The number of para-hydroxylation sites is 1. The quantitative estimate of drug-likeness (QED) is 0.498. The summed E-state index contributed by atoms with van der Waals surface area (Å²) in [5, 5.41) is 1.19. The predicted octanol–water partition coefficient (Wildman–Crippen LogP) is 4.89. The van der Waals surface area contributed by atoms with E-state index in [9.17, 15) is 4.79 Å². The lowest BCUT2D eigenvalue weighted by molar-refractivity contribution is -0.118. The Balaban J connectivity index is 1.45. The Hall–Kier alpha value is -3.37. The highest BCUT2D eigenvalue weighted by atomic mass is 16.2. The van der Waals surface area contributed by atoms with Crippen LogP contribution >= 0.6 is 0 Å². The van der Waals surface area contributed by atoms with Crippen molar-refractivity contribution in [1.29, 1.82) is 0 Å². The van der Waals surface area contributed by atoms with Gasteiger partial charge in [-0.05, 0) is 46.9 Å². The van der Waals surface area contributed by atoms with E-state index in [1.165, 1.54) is 10.9 Å². The van der Waals surface area contributed by atoms with Gasteiger partial charge in [-0.2, -0.15) is 0 Å². The maximum Gasteiger partial charge on any atom is 0.227 e. The molecule has 146 valence electrons. The van der Waals surface area contributed by atoms with Crippen LogP contribution in [0.25, 0.3) is 22.0 Å². The van der Waals surface area contributed by atoms with Crippen LogP contribution < -0.4 is 10.6 Å². The van der Waals surface area contributed by atoms with Crippen molar-refractivity contribution in [3.05, 3.63) is 90.1 Å². The van der Waals surface area contributed by atoms with E-state index in [4.69, 9.17) is 5.73 Å². The van der Waals surface area contributed by atoms with Crippen LogP contribution in [0.5, 0.6) is 0 Å². The number of rotatable bonds is 6. The number of anilines is 1. The number of aromatic amines is 1. The van der Waals surface area contributed by atoms with Crippen molar-refractivity contribution in [2.75, 3.05) is 11.9 Å². The van der Waals surface area contributed by atoms with Crippen LogP contribution in [0.2, 0.25) is 0 Å². The van der Waals surface area contributed by atoms with Crippen molar-refractivity contribution in [1.82, 2.24) is 4.98 Å². The molecule has 0 bridgehead atoms. The first-order valence-corrected chi connectivity index (χ1v) is 9.87. The molecule has 1 amide bonds. The highest BCUT2D eigenvalue weighted by Crippen LogP contribution is 2.26. The summed E-state index contributed by atoms with van der Waals surface area (Å²) in [6, 6.07) is 24.4. The van der Waals surface area contributed by atoms with E-state index in [1.807, 2.05) is 67.8 Å². The maximum absolute atomic E-state index is 12.7. The monoisotopic (exact) mass is 383 g/mol. The number of carbonyl (C=O) groups excluding carboxylic acids is 1. The van der Waals surface area contributed by atoms with Gasteiger partial charge in [0.15, 0.2) is 0 Å². The fourth-order valence-corrected chi connectivity index (χ4v) is 3.74. The molecular formula is C25H25N3O. The van der Waals surface area contributed by atoms with E-state index in [-0.39, 0.29) is 5.91 Å². The van der Waals surface area contributed by atoms with Gasteiger partial charge < -0.3 is 15.6 Å². The highest BCUT2D eigenvalue weighted by Gasteiger charge is 2.13. The van der Waals surface area contributed by atoms with E-state index in [0.717, 1.165) is 34.3 Å². The van der Waals surface area contributed by atoms with Gasteiger partial charge in [-0.3, -0.25) is 4.79 Å². The first-order chi connectivity index (χ1) is 14.2. The molecule has 0 aliphatic heterocycles. The molecule has 0 aliphatic carbocycles. The zero-order valence-electron chi connectivity index (χ0n) is 16.6. The van der Waals surface area contributed by atoms with Gasteiger partial charge in [0.1, 0.15) is 0 Å².